The average molecular weight is 315 g/mol. The standard InChI is InChI=1S/C10H14N5O5P/c11-10-13-8-7(9(16)14-10)12-4-15(8)5-19-6-1-2-21(17,18)20-3-6/h4,6H,1-3,5H2,(H,17,18)(H3,11,13,14,16). The zero-order chi connectivity index (χ0) is 15.0. The summed E-state index contributed by atoms with van der Waals surface area (Å²) in [5.74, 6) is -0.00327. The average Bonchev–Trinajstić information content (AvgIpc) is 2.81. The molecule has 4 N–H and O–H groups in total. The molecule has 0 amide bonds. The van der Waals surface area contributed by atoms with Gasteiger partial charge in [-0.1, -0.05) is 0 Å². The number of H-pyrrole nitrogens is 1. The van der Waals surface area contributed by atoms with Crippen molar-refractivity contribution in [2.75, 3.05) is 18.5 Å². The predicted molar refractivity (Wildman–Crippen MR) is 72.7 cm³/mol. The molecule has 2 unspecified atom stereocenters. The summed E-state index contributed by atoms with van der Waals surface area (Å²) in [5, 5.41) is 0. The second-order valence-electron chi connectivity index (χ2n) is 4.70. The van der Waals surface area contributed by atoms with Gasteiger partial charge in [0.25, 0.3) is 5.56 Å². The largest absolute Gasteiger partial charge is 0.369 e. The van der Waals surface area contributed by atoms with E-state index in [1.54, 1.807) is 0 Å². The molecule has 1 aliphatic heterocycles. The van der Waals surface area contributed by atoms with E-state index in [-0.39, 0.29) is 37.1 Å². The van der Waals surface area contributed by atoms with Crippen molar-refractivity contribution in [1.82, 2.24) is 19.5 Å². The first-order chi connectivity index (χ1) is 9.94. The van der Waals surface area contributed by atoms with Crippen molar-refractivity contribution in [2.24, 2.45) is 0 Å². The normalized spacial score (nSPS) is 26.2. The van der Waals surface area contributed by atoms with Crippen LogP contribution in [0.15, 0.2) is 11.1 Å². The van der Waals surface area contributed by atoms with Crippen LogP contribution in [0.1, 0.15) is 6.42 Å². The zero-order valence-electron chi connectivity index (χ0n) is 10.9. The van der Waals surface area contributed by atoms with E-state index in [4.69, 9.17) is 15.0 Å². The lowest BCUT2D eigenvalue weighted by Crippen LogP contribution is -2.26. The minimum Gasteiger partial charge on any atom is -0.369 e. The summed E-state index contributed by atoms with van der Waals surface area (Å²) < 4.78 is 23.2. The Kier molecular flexibility index (Phi) is 3.54. The molecular weight excluding hydrogens is 301 g/mol. The number of fused-ring (bicyclic) bond motifs is 1. The van der Waals surface area contributed by atoms with Gasteiger partial charge in [0.15, 0.2) is 11.2 Å². The number of anilines is 1. The molecule has 114 valence electrons. The Morgan fingerprint density at radius 2 is 2.48 bits per heavy atom. The maximum atomic E-state index is 11.6. The lowest BCUT2D eigenvalue weighted by atomic mass is 10.3. The number of nitrogen functional groups attached to an aromatic ring is 1. The number of nitrogens with two attached hydrogens (primary N) is 1. The van der Waals surface area contributed by atoms with E-state index < -0.39 is 13.2 Å². The molecule has 0 aliphatic carbocycles. The summed E-state index contributed by atoms with van der Waals surface area (Å²) in [4.78, 5) is 31.2. The van der Waals surface area contributed by atoms with Gasteiger partial charge >= 0.3 is 7.60 Å². The molecule has 0 radical (unpaired) electrons. The van der Waals surface area contributed by atoms with Crippen molar-refractivity contribution in [2.45, 2.75) is 19.3 Å². The predicted octanol–water partition coefficient (Wildman–Crippen LogP) is -0.350. The highest BCUT2D eigenvalue weighted by atomic mass is 31.2. The summed E-state index contributed by atoms with van der Waals surface area (Å²) in [6.45, 7) is 0.146. The van der Waals surface area contributed by atoms with Crippen LogP contribution in [0.4, 0.5) is 5.95 Å². The van der Waals surface area contributed by atoms with Gasteiger partial charge in [-0.15, -0.1) is 0 Å². The fourth-order valence-corrected chi connectivity index (χ4v) is 3.18. The van der Waals surface area contributed by atoms with E-state index in [0.717, 1.165) is 0 Å². The van der Waals surface area contributed by atoms with Crippen molar-refractivity contribution in [3.05, 3.63) is 16.7 Å². The molecule has 11 heteroatoms. The van der Waals surface area contributed by atoms with Crippen molar-refractivity contribution in [1.29, 1.82) is 0 Å². The third-order valence-electron chi connectivity index (χ3n) is 3.14. The summed E-state index contributed by atoms with van der Waals surface area (Å²) >= 11 is 0. The summed E-state index contributed by atoms with van der Waals surface area (Å²) in [6.07, 6.45) is 1.62. The molecule has 2 atom stereocenters. The molecule has 0 spiro atoms. The third-order valence-corrected chi connectivity index (χ3v) is 4.51. The van der Waals surface area contributed by atoms with E-state index in [0.29, 0.717) is 12.1 Å². The Balaban J connectivity index is 1.72. The summed E-state index contributed by atoms with van der Waals surface area (Å²) in [6, 6.07) is 0. The van der Waals surface area contributed by atoms with Crippen LogP contribution in [0, 0.1) is 0 Å². The molecule has 1 saturated heterocycles. The van der Waals surface area contributed by atoms with E-state index in [9.17, 15) is 14.3 Å². The molecule has 0 bridgehead atoms. The molecule has 1 aliphatic rings. The molecular formula is C10H14N5O5P. The molecule has 10 nitrogen and oxygen atoms in total. The Hall–Kier alpha value is -1.74. The molecule has 2 aromatic rings. The monoisotopic (exact) mass is 315 g/mol. The van der Waals surface area contributed by atoms with Crippen LogP contribution in [0.25, 0.3) is 11.2 Å². The summed E-state index contributed by atoms with van der Waals surface area (Å²) in [5.41, 5.74) is 5.57. The first-order valence-corrected chi connectivity index (χ1v) is 7.99. The van der Waals surface area contributed by atoms with Gasteiger partial charge in [-0.2, -0.15) is 4.98 Å². The molecule has 0 aromatic carbocycles. The first kappa shape index (κ1) is 14.2. The topological polar surface area (TPSA) is 145 Å². The van der Waals surface area contributed by atoms with Crippen molar-refractivity contribution in [3.8, 4) is 0 Å². The van der Waals surface area contributed by atoms with Crippen LogP contribution in [0.2, 0.25) is 0 Å². The number of nitrogens with one attached hydrogen (secondary N) is 1. The number of imidazole rings is 1. The first-order valence-electron chi connectivity index (χ1n) is 6.23. The minimum atomic E-state index is -3.43. The fourth-order valence-electron chi connectivity index (χ4n) is 2.04. The molecule has 21 heavy (non-hydrogen) atoms. The third kappa shape index (κ3) is 2.98. The van der Waals surface area contributed by atoms with Crippen molar-refractivity contribution < 1.29 is 18.7 Å². The molecule has 2 aromatic heterocycles. The van der Waals surface area contributed by atoms with Gasteiger partial charge in [0, 0.05) is 0 Å². The van der Waals surface area contributed by atoms with Gasteiger partial charge in [-0.05, 0) is 6.42 Å². The lowest BCUT2D eigenvalue weighted by molar-refractivity contribution is -0.0281. The number of hydrogen-bond acceptors (Lipinski definition) is 7. The Morgan fingerprint density at radius 1 is 1.67 bits per heavy atom. The van der Waals surface area contributed by atoms with Crippen LogP contribution in [-0.2, 0) is 20.6 Å². The number of hydrogen-bond donors (Lipinski definition) is 3. The molecule has 0 saturated carbocycles. The fraction of sp³-hybridized carbons (Fsp3) is 0.500. The van der Waals surface area contributed by atoms with E-state index in [1.807, 2.05) is 0 Å². The number of rotatable bonds is 3. The van der Waals surface area contributed by atoms with Crippen LogP contribution in [0.3, 0.4) is 0 Å². The van der Waals surface area contributed by atoms with Gasteiger partial charge in [0.2, 0.25) is 5.95 Å². The van der Waals surface area contributed by atoms with E-state index >= 15 is 0 Å². The van der Waals surface area contributed by atoms with Crippen LogP contribution < -0.4 is 11.3 Å². The maximum absolute atomic E-state index is 11.6. The lowest BCUT2D eigenvalue weighted by Gasteiger charge is -2.25. The number of nitrogens with zero attached hydrogens (tertiary/aromatic N) is 3. The maximum Gasteiger partial charge on any atom is 0.328 e. The highest BCUT2D eigenvalue weighted by Gasteiger charge is 2.29. The number of aromatic nitrogens is 4. The Labute approximate surface area is 118 Å². The van der Waals surface area contributed by atoms with Crippen LogP contribution in [-0.4, -0.2) is 43.3 Å². The quantitative estimate of drug-likeness (QED) is 0.651. The zero-order valence-corrected chi connectivity index (χ0v) is 11.8. The molecule has 1 fully saturated rings. The van der Waals surface area contributed by atoms with Crippen molar-refractivity contribution >= 4 is 24.7 Å². The second kappa shape index (κ2) is 5.23. The SMILES string of the molecule is Nc1nc2c(ncn2COC2CCP(=O)(O)OC2)c(=O)[nH]1. The van der Waals surface area contributed by atoms with Gasteiger partial charge < -0.3 is 19.9 Å². The number of ether oxygens (including phenoxy) is 1. The van der Waals surface area contributed by atoms with Crippen LogP contribution >= 0.6 is 7.60 Å². The second-order valence-corrected chi connectivity index (χ2v) is 6.68. The van der Waals surface area contributed by atoms with E-state index in [1.165, 1.54) is 10.9 Å². The summed E-state index contributed by atoms with van der Waals surface area (Å²) in [7, 11) is -3.43. The molecule has 3 heterocycles. The Morgan fingerprint density at radius 3 is 3.19 bits per heavy atom. The van der Waals surface area contributed by atoms with Gasteiger partial charge in [-0.25, -0.2) is 4.98 Å². The Bertz CT molecular complexity index is 759. The van der Waals surface area contributed by atoms with Gasteiger partial charge in [-0.3, -0.25) is 18.9 Å². The highest BCUT2D eigenvalue weighted by molar-refractivity contribution is 7.52. The number of aromatic amines is 1. The van der Waals surface area contributed by atoms with Gasteiger partial charge in [0.05, 0.1) is 25.2 Å². The van der Waals surface area contributed by atoms with Gasteiger partial charge in [0.1, 0.15) is 6.73 Å². The molecule has 3 rings (SSSR count). The van der Waals surface area contributed by atoms with Crippen LogP contribution in [0.5, 0.6) is 0 Å². The van der Waals surface area contributed by atoms with Crippen molar-refractivity contribution in [3.63, 3.8) is 0 Å². The highest BCUT2D eigenvalue weighted by Crippen LogP contribution is 2.46. The minimum absolute atomic E-state index is 0.00327. The smallest absolute Gasteiger partial charge is 0.328 e. The van der Waals surface area contributed by atoms with E-state index in [2.05, 4.69) is 15.0 Å².